The Labute approximate surface area is 173 Å². The quantitative estimate of drug-likeness (QED) is 0.360. The molecule has 2 heterocycles. The Morgan fingerprint density at radius 3 is 2.38 bits per heavy atom. The normalized spacial score (nSPS) is 11.3. The van der Waals surface area contributed by atoms with E-state index in [9.17, 15) is 4.79 Å². The van der Waals surface area contributed by atoms with Crippen LogP contribution in [0, 0.1) is 0 Å². The van der Waals surface area contributed by atoms with Crippen LogP contribution in [0.1, 0.15) is 41.4 Å². The number of hydrogen-bond donors (Lipinski definition) is 2. The lowest BCUT2D eigenvalue weighted by atomic mass is 10.1. The highest BCUT2D eigenvalue weighted by Crippen LogP contribution is 2.23. The molecule has 0 radical (unpaired) electrons. The molecule has 0 bridgehead atoms. The molecule has 0 saturated heterocycles. The van der Waals surface area contributed by atoms with Gasteiger partial charge in [-0.05, 0) is 70.4 Å². The van der Waals surface area contributed by atoms with Gasteiger partial charge in [0.25, 0.3) is 0 Å². The van der Waals surface area contributed by atoms with Gasteiger partial charge in [-0.15, -0.1) is 11.3 Å². The molecule has 9 heteroatoms. The van der Waals surface area contributed by atoms with Crippen LogP contribution in [0.3, 0.4) is 0 Å². The molecule has 0 aromatic carbocycles. The van der Waals surface area contributed by atoms with Crippen molar-refractivity contribution >= 4 is 29.1 Å². The molecule has 1 unspecified atom stereocenters. The number of nitrogens with zero attached hydrogens (tertiary/aromatic N) is 2. The van der Waals surface area contributed by atoms with Crippen LogP contribution < -0.4 is 4.74 Å². The van der Waals surface area contributed by atoms with Gasteiger partial charge in [0.15, 0.2) is 0 Å². The average molecular weight is 423 g/mol. The first-order valence-corrected chi connectivity index (χ1v) is 9.91. The minimum Gasteiger partial charge on any atom is -0.474 e. The summed E-state index contributed by atoms with van der Waals surface area (Å²) in [5, 5.41) is 16.7. The number of ketones is 1. The fourth-order valence-corrected chi connectivity index (χ4v) is 2.99. The van der Waals surface area contributed by atoms with E-state index >= 15 is 0 Å². The Balaban J connectivity index is 0.000000612. The second-order valence-corrected chi connectivity index (χ2v) is 7.45. The Bertz CT molecular complexity index is 780. The summed E-state index contributed by atoms with van der Waals surface area (Å²) in [5.41, 5.74) is 0.537. The molecule has 158 valence electrons. The molecule has 0 amide bonds. The van der Waals surface area contributed by atoms with Crippen molar-refractivity contribution in [3.63, 3.8) is 0 Å². The van der Waals surface area contributed by atoms with Crippen LogP contribution in [0.25, 0.3) is 0 Å². The van der Waals surface area contributed by atoms with E-state index in [1.165, 1.54) is 11.3 Å². The topological polar surface area (TPSA) is 117 Å². The number of ether oxygens (including phenoxy) is 1. The van der Waals surface area contributed by atoms with Crippen molar-refractivity contribution in [2.24, 2.45) is 0 Å². The number of carboxylic acid groups (broad SMARTS) is 2. The molecule has 2 aromatic rings. The maximum absolute atomic E-state index is 12.5. The van der Waals surface area contributed by atoms with Crippen LogP contribution in [-0.2, 0) is 9.59 Å². The summed E-state index contributed by atoms with van der Waals surface area (Å²) in [7, 11) is 4.16. The van der Waals surface area contributed by atoms with Gasteiger partial charge in [-0.2, -0.15) is 0 Å². The molecule has 0 aliphatic rings. The van der Waals surface area contributed by atoms with Crippen molar-refractivity contribution < 1.29 is 29.3 Å². The van der Waals surface area contributed by atoms with E-state index in [-0.39, 0.29) is 11.9 Å². The number of aliphatic carboxylic acids is 2. The summed E-state index contributed by atoms with van der Waals surface area (Å²) < 4.78 is 5.93. The first-order chi connectivity index (χ1) is 13.7. The third-order valence-electron chi connectivity index (χ3n) is 3.72. The van der Waals surface area contributed by atoms with Crippen molar-refractivity contribution in [1.82, 2.24) is 9.88 Å². The highest BCUT2D eigenvalue weighted by Gasteiger charge is 2.18. The number of aromatic nitrogens is 1. The molecule has 0 aliphatic carbocycles. The lowest BCUT2D eigenvalue weighted by Crippen LogP contribution is -2.17. The van der Waals surface area contributed by atoms with Crippen LogP contribution >= 0.6 is 11.3 Å². The monoisotopic (exact) mass is 422 g/mol. The Morgan fingerprint density at radius 2 is 1.83 bits per heavy atom. The van der Waals surface area contributed by atoms with E-state index in [1.807, 2.05) is 24.4 Å². The van der Waals surface area contributed by atoms with Gasteiger partial charge in [-0.25, -0.2) is 14.6 Å². The molecule has 0 aliphatic heterocycles. The summed E-state index contributed by atoms with van der Waals surface area (Å²) in [6.45, 7) is 3.11. The highest BCUT2D eigenvalue weighted by atomic mass is 32.1. The number of hydrogen-bond acceptors (Lipinski definition) is 7. The molecule has 0 saturated carbocycles. The summed E-state index contributed by atoms with van der Waals surface area (Å²) in [6, 6.07) is 7.26. The summed E-state index contributed by atoms with van der Waals surface area (Å²) in [4.78, 5) is 37.9. The molecule has 8 nitrogen and oxygen atoms in total. The van der Waals surface area contributed by atoms with Crippen LogP contribution in [0.15, 0.2) is 35.8 Å². The molecular weight excluding hydrogens is 396 g/mol. The van der Waals surface area contributed by atoms with E-state index in [0.29, 0.717) is 16.3 Å². The zero-order chi connectivity index (χ0) is 21.8. The van der Waals surface area contributed by atoms with Gasteiger partial charge in [0.05, 0.1) is 16.5 Å². The number of carboxylic acids is 2. The van der Waals surface area contributed by atoms with Crippen molar-refractivity contribution in [3.05, 3.63) is 46.3 Å². The third kappa shape index (κ3) is 9.31. The molecule has 2 N–H and O–H groups in total. The maximum atomic E-state index is 12.5. The van der Waals surface area contributed by atoms with Crippen molar-refractivity contribution in [3.8, 4) is 5.88 Å². The van der Waals surface area contributed by atoms with Gasteiger partial charge in [0.1, 0.15) is 0 Å². The smallest absolute Gasteiger partial charge is 0.414 e. The molecular formula is C20H26N2O6S. The molecule has 0 spiro atoms. The van der Waals surface area contributed by atoms with Crippen molar-refractivity contribution in [1.29, 1.82) is 0 Å². The number of unbranched alkanes of at least 4 members (excludes halogenated alkanes) is 1. The van der Waals surface area contributed by atoms with E-state index in [0.717, 1.165) is 25.8 Å². The Morgan fingerprint density at radius 1 is 1.14 bits per heavy atom. The third-order valence-corrected chi connectivity index (χ3v) is 4.59. The zero-order valence-electron chi connectivity index (χ0n) is 16.7. The van der Waals surface area contributed by atoms with E-state index in [1.54, 1.807) is 18.3 Å². The van der Waals surface area contributed by atoms with Crippen LogP contribution in [0.4, 0.5) is 0 Å². The second-order valence-electron chi connectivity index (χ2n) is 6.50. The molecule has 2 rings (SSSR count). The maximum Gasteiger partial charge on any atom is 0.414 e. The second kappa shape index (κ2) is 12.6. The van der Waals surface area contributed by atoms with Gasteiger partial charge in [-0.3, -0.25) is 4.79 Å². The predicted molar refractivity (Wildman–Crippen MR) is 110 cm³/mol. The Hall–Kier alpha value is -2.78. The predicted octanol–water partition coefficient (Wildman–Crippen LogP) is 3.03. The van der Waals surface area contributed by atoms with Crippen LogP contribution in [-0.4, -0.2) is 64.6 Å². The molecule has 1 atom stereocenters. The average Bonchev–Trinajstić information content (AvgIpc) is 3.20. The van der Waals surface area contributed by atoms with Gasteiger partial charge in [0.2, 0.25) is 11.7 Å². The number of thiophene rings is 1. The first kappa shape index (κ1) is 24.3. The summed E-state index contributed by atoms with van der Waals surface area (Å²) in [6.07, 6.45) is 4.91. The van der Waals surface area contributed by atoms with Gasteiger partial charge in [0, 0.05) is 6.20 Å². The first-order valence-electron chi connectivity index (χ1n) is 9.03. The van der Waals surface area contributed by atoms with Gasteiger partial charge < -0.3 is 19.8 Å². The van der Waals surface area contributed by atoms with E-state index in [4.69, 9.17) is 24.5 Å². The number of carbonyl (C=O) groups is 3. The highest BCUT2D eigenvalue weighted by molar-refractivity contribution is 7.12. The number of pyridine rings is 1. The lowest BCUT2D eigenvalue weighted by molar-refractivity contribution is -0.159. The van der Waals surface area contributed by atoms with Gasteiger partial charge >= 0.3 is 11.9 Å². The molecule has 29 heavy (non-hydrogen) atoms. The van der Waals surface area contributed by atoms with Crippen LogP contribution in [0.5, 0.6) is 5.88 Å². The minimum atomic E-state index is -1.82. The van der Waals surface area contributed by atoms with Gasteiger partial charge in [-0.1, -0.05) is 6.07 Å². The van der Waals surface area contributed by atoms with Crippen LogP contribution in [0.2, 0.25) is 0 Å². The zero-order valence-corrected chi connectivity index (χ0v) is 17.5. The Kier molecular flexibility index (Phi) is 10.6. The SMILES string of the molecule is CC(CCCCN(C)C)Oc1ncccc1C(=O)c1cccs1.O=C(O)C(=O)O. The fourth-order valence-electron chi connectivity index (χ4n) is 2.31. The molecule has 0 fully saturated rings. The lowest BCUT2D eigenvalue weighted by Gasteiger charge is -2.16. The van der Waals surface area contributed by atoms with E-state index < -0.39 is 11.9 Å². The van der Waals surface area contributed by atoms with E-state index in [2.05, 4.69) is 24.0 Å². The number of carbonyl (C=O) groups excluding carboxylic acids is 1. The minimum absolute atomic E-state index is 0.0251. The fraction of sp³-hybridized carbons (Fsp3) is 0.400. The molecule has 2 aromatic heterocycles. The summed E-state index contributed by atoms with van der Waals surface area (Å²) in [5.74, 6) is -3.24. The largest absolute Gasteiger partial charge is 0.474 e. The number of rotatable bonds is 9. The van der Waals surface area contributed by atoms with Crippen molar-refractivity contribution in [2.45, 2.75) is 32.3 Å². The summed E-state index contributed by atoms with van der Waals surface area (Å²) >= 11 is 1.44. The van der Waals surface area contributed by atoms with Crippen molar-refractivity contribution in [2.75, 3.05) is 20.6 Å². The standard InChI is InChI=1S/C18H24N2O2S.C2H2O4/c1-14(8-4-5-12-20(2)3)22-18-15(9-6-11-19-18)17(21)16-10-7-13-23-16;3-1(4)2(5)6/h6-7,9-11,13-14H,4-5,8,12H2,1-3H3;(H,3,4)(H,5,6).